The number of hydrogen-bond acceptors (Lipinski definition) is 12. The lowest BCUT2D eigenvalue weighted by molar-refractivity contribution is -0.137. The summed E-state index contributed by atoms with van der Waals surface area (Å²) in [6, 6.07) is 14.8. The first-order valence-electron chi connectivity index (χ1n) is 21.4. The van der Waals surface area contributed by atoms with E-state index in [2.05, 4.69) is 31.6 Å². The molecule has 0 bridgehead atoms. The Morgan fingerprint density at radius 1 is 0.968 bits per heavy atom. The Morgan fingerprint density at radius 2 is 1.75 bits per heavy atom. The maximum atomic E-state index is 14.6. The second kappa shape index (κ2) is 21.7. The van der Waals surface area contributed by atoms with Gasteiger partial charge in [-0.1, -0.05) is 29.8 Å². The molecular weight excluding hydrogens is 851 g/mol. The molecule has 0 spiro atoms. The molecular formula is C45H52ClFN8O7S. The molecule has 2 aromatic heterocycles. The van der Waals surface area contributed by atoms with Crippen molar-refractivity contribution in [3.05, 3.63) is 93.8 Å². The standard InChI is InChI=1S/C45H52ClFN8O7S/c46-33-10-7-12-36(40(33)47)62-30-16-18-45(19-17-30,26-29-8-5-13-37(51-29)53-44-50-22-25-63-44)43(60)49-21-2-4-24-61-23-3-1-20-48-27-39(57)52-34-11-6-9-31-32(34)28-55(42(31)59)35-14-15-38(56)54-41(35)58/h5-13,22,25,30,35,48H,1-4,14-21,23-24,26-28H2,(H,49,60)(H,52,57)(H,50,51,53)(H,54,56,58)/t30-,35?,45-. The molecule has 2 fully saturated rings. The van der Waals surface area contributed by atoms with E-state index in [0.29, 0.717) is 81.0 Å². The van der Waals surface area contributed by atoms with E-state index >= 15 is 0 Å². The van der Waals surface area contributed by atoms with E-state index in [9.17, 15) is 28.4 Å². The van der Waals surface area contributed by atoms with Gasteiger partial charge in [-0.2, -0.15) is 0 Å². The number of unbranched alkanes of at least 4 members (excludes halogenated alkanes) is 2. The van der Waals surface area contributed by atoms with Gasteiger partial charge >= 0.3 is 0 Å². The molecule has 2 aromatic carbocycles. The maximum absolute atomic E-state index is 14.6. The molecule has 1 unspecified atom stereocenters. The van der Waals surface area contributed by atoms with E-state index in [1.165, 1.54) is 22.3 Å². The maximum Gasteiger partial charge on any atom is 0.255 e. The van der Waals surface area contributed by atoms with Gasteiger partial charge in [-0.15, -0.1) is 11.3 Å². The first-order valence-corrected chi connectivity index (χ1v) is 22.7. The highest BCUT2D eigenvalue weighted by molar-refractivity contribution is 7.13. The Balaban J connectivity index is 0.789. The van der Waals surface area contributed by atoms with Crippen LogP contribution in [0.1, 0.15) is 85.8 Å². The number of amides is 5. The van der Waals surface area contributed by atoms with Crippen molar-refractivity contribution in [1.82, 2.24) is 30.8 Å². The van der Waals surface area contributed by atoms with Crippen molar-refractivity contribution in [2.75, 3.05) is 43.5 Å². The molecule has 334 valence electrons. The van der Waals surface area contributed by atoms with Crippen molar-refractivity contribution in [3.63, 3.8) is 0 Å². The number of halogens is 2. The summed E-state index contributed by atoms with van der Waals surface area (Å²) in [5.41, 5.74) is 1.69. The Kier molecular flexibility index (Phi) is 15.7. The highest BCUT2D eigenvalue weighted by atomic mass is 35.5. The number of nitrogens with one attached hydrogen (secondary N) is 5. The van der Waals surface area contributed by atoms with Crippen molar-refractivity contribution in [3.8, 4) is 5.75 Å². The molecule has 63 heavy (non-hydrogen) atoms. The first-order chi connectivity index (χ1) is 30.6. The fraction of sp³-hybridized carbons (Fsp3) is 0.444. The van der Waals surface area contributed by atoms with Gasteiger partial charge in [0.25, 0.3) is 5.91 Å². The van der Waals surface area contributed by atoms with Crippen LogP contribution in [0.3, 0.4) is 0 Å². The van der Waals surface area contributed by atoms with Crippen LogP contribution in [0.25, 0.3) is 0 Å². The van der Waals surface area contributed by atoms with Crippen molar-refractivity contribution in [1.29, 1.82) is 0 Å². The van der Waals surface area contributed by atoms with Crippen LogP contribution in [-0.2, 0) is 36.9 Å². The molecule has 7 rings (SSSR count). The Bertz CT molecular complexity index is 2260. The lowest BCUT2D eigenvalue weighted by Crippen LogP contribution is -2.52. The minimum absolute atomic E-state index is 0.00541. The SMILES string of the molecule is O=C1CCC(N2Cc3c(NC(=O)CNCCCCOCCCCNC(=O)[C@]4(Cc5cccc(Nc6nccs6)n5)CC[C@@H](Oc5cccc(Cl)c5F)CC4)cccc3C2=O)C(=O)N1. The summed E-state index contributed by atoms with van der Waals surface area (Å²) in [6.45, 7) is 2.52. The predicted molar refractivity (Wildman–Crippen MR) is 236 cm³/mol. The minimum atomic E-state index is -0.727. The zero-order valence-corrected chi connectivity index (χ0v) is 36.5. The fourth-order valence-corrected chi connectivity index (χ4v) is 8.97. The second-order valence-corrected chi connectivity index (χ2v) is 17.3. The van der Waals surface area contributed by atoms with Crippen LogP contribution < -0.4 is 31.3 Å². The number of fused-ring (bicyclic) bond motifs is 1. The molecule has 1 saturated carbocycles. The number of benzene rings is 2. The summed E-state index contributed by atoms with van der Waals surface area (Å²) in [6.07, 6.45) is 7.71. The number of aromatic nitrogens is 2. The van der Waals surface area contributed by atoms with Gasteiger partial charge in [0.1, 0.15) is 11.9 Å². The fourth-order valence-electron chi connectivity index (χ4n) is 8.26. The van der Waals surface area contributed by atoms with Crippen LogP contribution in [0.4, 0.5) is 21.0 Å². The van der Waals surface area contributed by atoms with Gasteiger partial charge in [0.05, 0.1) is 23.1 Å². The third kappa shape index (κ3) is 12.0. The van der Waals surface area contributed by atoms with Gasteiger partial charge in [-0.3, -0.25) is 29.3 Å². The molecule has 5 N–H and O–H groups in total. The van der Waals surface area contributed by atoms with E-state index in [4.69, 9.17) is 26.1 Å². The normalized spacial score (nSPS) is 19.7. The van der Waals surface area contributed by atoms with Crippen molar-refractivity contribution < 1.29 is 37.8 Å². The number of rotatable bonds is 21. The number of pyridine rings is 1. The van der Waals surface area contributed by atoms with Crippen molar-refractivity contribution >= 4 is 69.1 Å². The molecule has 15 nitrogen and oxygen atoms in total. The molecule has 2 aliphatic heterocycles. The largest absolute Gasteiger partial charge is 0.487 e. The summed E-state index contributed by atoms with van der Waals surface area (Å²) < 4.78 is 26.5. The summed E-state index contributed by atoms with van der Waals surface area (Å²) in [5, 5.41) is 17.4. The summed E-state index contributed by atoms with van der Waals surface area (Å²) in [5.74, 6) is -1.22. The Hall–Kier alpha value is -5.49. The molecule has 1 saturated heterocycles. The van der Waals surface area contributed by atoms with Gasteiger partial charge in [0.2, 0.25) is 23.6 Å². The molecule has 4 aromatic rings. The van der Waals surface area contributed by atoms with Gasteiger partial charge < -0.3 is 35.6 Å². The third-order valence-corrected chi connectivity index (χ3v) is 12.6. The zero-order valence-electron chi connectivity index (χ0n) is 34.9. The van der Waals surface area contributed by atoms with E-state index in [1.807, 2.05) is 23.6 Å². The monoisotopic (exact) mass is 902 g/mol. The van der Waals surface area contributed by atoms with E-state index in [1.54, 1.807) is 36.5 Å². The topological polar surface area (TPSA) is 193 Å². The van der Waals surface area contributed by atoms with Crippen LogP contribution >= 0.6 is 22.9 Å². The van der Waals surface area contributed by atoms with Crippen molar-refractivity contribution in [2.45, 2.75) is 89.3 Å². The number of ether oxygens (including phenoxy) is 2. The summed E-state index contributed by atoms with van der Waals surface area (Å²) >= 11 is 7.46. The van der Waals surface area contributed by atoms with Crippen molar-refractivity contribution in [2.24, 2.45) is 5.41 Å². The highest BCUT2D eigenvalue weighted by Crippen LogP contribution is 2.41. The van der Waals surface area contributed by atoms with E-state index in [-0.39, 0.29) is 66.4 Å². The van der Waals surface area contributed by atoms with Gasteiger partial charge in [-0.05, 0) is 101 Å². The van der Waals surface area contributed by atoms with Gasteiger partial charge in [0, 0.05) is 73.2 Å². The molecule has 18 heteroatoms. The highest BCUT2D eigenvalue weighted by Gasteiger charge is 2.43. The van der Waals surface area contributed by atoms with Crippen LogP contribution in [0.15, 0.2) is 66.2 Å². The van der Waals surface area contributed by atoms with Gasteiger partial charge in [0.15, 0.2) is 16.7 Å². The van der Waals surface area contributed by atoms with Crippen LogP contribution in [0.5, 0.6) is 5.75 Å². The molecule has 4 heterocycles. The Morgan fingerprint density at radius 3 is 2.52 bits per heavy atom. The Labute approximate surface area is 374 Å². The van der Waals surface area contributed by atoms with Gasteiger partial charge in [-0.25, -0.2) is 14.4 Å². The molecule has 1 atom stereocenters. The van der Waals surface area contributed by atoms with Crippen LogP contribution in [-0.4, -0.2) is 89.4 Å². The molecule has 1 aliphatic carbocycles. The molecule has 5 amide bonds. The number of piperidine rings is 1. The van der Waals surface area contributed by atoms with Crippen LogP contribution in [0, 0.1) is 11.2 Å². The quantitative estimate of drug-likeness (QED) is 0.0465. The smallest absolute Gasteiger partial charge is 0.255 e. The van der Waals surface area contributed by atoms with E-state index < -0.39 is 23.2 Å². The second-order valence-electron chi connectivity index (χ2n) is 16.0. The van der Waals surface area contributed by atoms with Crippen LogP contribution in [0.2, 0.25) is 5.02 Å². The number of hydrogen-bond donors (Lipinski definition) is 5. The number of nitrogens with zero attached hydrogens (tertiary/aromatic N) is 3. The average molecular weight is 903 g/mol. The number of carbonyl (C=O) groups is 5. The van der Waals surface area contributed by atoms with E-state index in [0.717, 1.165) is 36.5 Å². The minimum Gasteiger partial charge on any atom is -0.487 e. The third-order valence-electron chi connectivity index (χ3n) is 11.6. The number of carbonyl (C=O) groups excluding carboxylic acids is 5. The molecule has 3 aliphatic rings. The summed E-state index contributed by atoms with van der Waals surface area (Å²) in [4.78, 5) is 74.4. The molecule has 0 radical (unpaired) electrons. The number of thiazole rings is 1. The number of anilines is 3. The lowest BCUT2D eigenvalue weighted by Gasteiger charge is -2.39. The first kappa shape index (κ1) is 45.5. The zero-order chi connectivity index (χ0) is 44.2. The summed E-state index contributed by atoms with van der Waals surface area (Å²) in [7, 11) is 0. The predicted octanol–water partition coefficient (Wildman–Crippen LogP) is 6.31. The average Bonchev–Trinajstić information content (AvgIpc) is 3.91. The number of imide groups is 1. The lowest BCUT2D eigenvalue weighted by atomic mass is 9.69.